The maximum Gasteiger partial charge on any atom is 0.162 e. The molecule has 0 spiro atoms. The number of nitrogens with zero attached hydrogens (tertiary/aromatic N) is 1. The van der Waals surface area contributed by atoms with E-state index in [1.807, 2.05) is 0 Å². The number of imidazole rings is 1. The summed E-state index contributed by atoms with van der Waals surface area (Å²) in [4.78, 5) is 9.74. The van der Waals surface area contributed by atoms with Crippen LogP contribution in [-0.2, 0) is 11.3 Å². The minimum Gasteiger partial charge on any atom is -0.370 e. The van der Waals surface area contributed by atoms with Crippen molar-refractivity contribution in [3.63, 3.8) is 0 Å². The van der Waals surface area contributed by atoms with E-state index in [0.29, 0.717) is 0 Å². The Hall–Kier alpha value is -1.91. The Kier molecular flexibility index (Phi) is 2.90. The average Bonchev–Trinajstić information content (AvgIpc) is 2.86. The summed E-state index contributed by atoms with van der Waals surface area (Å²) in [7, 11) is 0. The van der Waals surface area contributed by atoms with E-state index in [1.54, 1.807) is 4.90 Å². The lowest BCUT2D eigenvalue weighted by molar-refractivity contribution is -0.922. The first kappa shape index (κ1) is 11.9. The summed E-state index contributed by atoms with van der Waals surface area (Å²) in [6, 6.07) is 12.8. The van der Waals surface area contributed by atoms with Crippen LogP contribution in [0.1, 0.15) is 5.82 Å². The second-order valence-corrected chi connectivity index (χ2v) is 5.44. The van der Waals surface area contributed by atoms with Crippen LogP contribution in [0.25, 0.3) is 21.8 Å². The van der Waals surface area contributed by atoms with Gasteiger partial charge in [0.05, 0.1) is 24.2 Å². The van der Waals surface area contributed by atoms with E-state index in [0.717, 1.165) is 49.7 Å². The van der Waals surface area contributed by atoms with Gasteiger partial charge in [0.1, 0.15) is 19.6 Å². The maximum atomic E-state index is 5.40. The van der Waals surface area contributed by atoms with Gasteiger partial charge in [-0.05, 0) is 22.9 Å². The number of morpholine rings is 1. The predicted octanol–water partition coefficient (Wildman–Crippen LogP) is 1.13. The van der Waals surface area contributed by atoms with Crippen molar-refractivity contribution in [2.24, 2.45) is 0 Å². The minimum absolute atomic E-state index is 0.861. The third-order valence-electron chi connectivity index (χ3n) is 4.02. The molecular formula is C16H18N3O+. The van der Waals surface area contributed by atoms with Crippen LogP contribution in [0.2, 0.25) is 0 Å². The van der Waals surface area contributed by atoms with Crippen molar-refractivity contribution in [1.82, 2.24) is 9.97 Å². The number of aromatic amines is 1. The van der Waals surface area contributed by atoms with Crippen LogP contribution in [0, 0.1) is 0 Å². The van der Waals surface area contributed by atoms with Crippen LogP contribution < -0.4 is 4.90 Å². The summed E-state index contributed by atoms with van der Waals surface area (Å²) in [5.74, 6) is 1.08. The number of aromatic nitrogens is 2. The molecule has 2 aromatic carbocycles. The molecule has 1 fully saturated rings. The second kappa shape index (κ2) is 4.89. The molecule has 0 bridgehead atoms. The van der Waals surface area contributed by atoms with Gasteiger partial charge in [0.15, 0.2) is 5.82 Å². The number of benzene rings is 2. The molecule has 0 unspecified atom stereocenters. The zero-order chi connectivity index (χ0) is 13.4. The lowest BCUT2D eigenvalue weighted by atomic mass is 10.1. The molecule has 0 saturated carbocycles. The lowest BCUT2D eigenvalue weighted by Gasteiger charge is -2.22. The number of H-pyrrole nitrogens is 1. The smallest absolute Gasteiger partial charge is 0.162 e. The van der Waals surface area contributed by atoms with Gasteiger partial charge in [-0.1, -0.05) is 24.3 Å². The van der Waals surface area contributed by atoms with E-state index < -0.39 is 0 Å². The van der Waals surface area contributed by atoms with E-state index >= 15 is 0 Å². The maximum absolute atomic E-state index is 5.40. The number of nitrogens with one attached hydrogen (secondary N) is 2. The number of hydrogen-bond donors (Lipinski definition) is 2. The molecule has 4 nitrogen and oxygen atoms in total. The molecular weight excluding hydrogens is 250 g/mol. The van der Waals surface area contributed by atoms with Gasteiger partial charge in [-0.2, -0.15) is 0 Å². The normalized spacial score (nSPS) is 17.0. The van der Waals surface area contributed by atoms with Crippen molar-refractivity contribution in [3.8, 4) is 0 Å². The first-order valence-electron chi connectivity index (χ1n) is 7.17. The molecule has 1 saturated heterocycles. The molecule has 1 aliphatic rings. The van der Waals surface area contributed by atoms with Crippen molar-refractivity contribution in [1.29, 1.82) is 0 Å². The Balaban J connectivity index is 1.68. The van der Waals surface area contributed by atoms with E-state index in [4.69, 9.17) is 9.72 Å². The van der Waals surface area contributed by atoms with Gasteiger partial charge in [-0.15, -0.1) is 0 Å². The van der Waals surface area contributed by atoms with Gasteiger partial charge < -0.3 is 14.6 Å². The van der Waals surface area contributed by atoms with Crippen molar-refractivity contribution in [2.45, 2.75) is 6.54 Å². The van der Waals surface area contributed by atoms with E-state index in [9.17, 15) is 0 Å². The van der Waals surface area contributed by atoms with Crippen molar-refractivity contribution in [2.75, 3.05) is 26.3 Å². The van der Waals surface area contributed by atoms with Crippen LogP contribution in [0.5, 0.6) is 0 Å². The Morgan fingerprint density at radius 1 is 1.10 bits per heavy atom. The number of fused-ring (bicyclic) bond motifs is 2. The minimum atomic E-state index is 0.861. The molecule has 4 rings (SSSR count). The van der Waals surface area contributed by atoms with Gasteiger partial charge in [0.2, 0.25) is 0 Å². The molecule has 3 aromatic rings. The fourth-order valence-electron chi connectivity index (χ4n) is 2.91. The molecule has 2 heterocycles. The summed E-state index contributed by atoms with van der Waals surface area (Å²) in [5.41, 5.74) is 2.19. The molecule has 1 aliphatic heterocycles. The topological polar surface area (TPSA) is 42.4 Å². The van der Waals surface area contributed by atoms with E-state index in [1.165, 1.54) is 10.8 Å². The standard InChI is InChI=1S/C16H17N3O/c1-2-4-13-10-15-14(9-12(13)3-1)17-16(18-15)11-19-5-7-20-8-6-19/h1-4,9-10H,5-8,11H2,(H,17,18)/p+1. The van der Waals surface area contributed by atoms with Gasteiger partial charge in [-0.3, -0.25) is 0 Å². The zero-order valence-electron chi connectivity index (χ0n) is 11.4. The van der Waals surface area contributed by atoms with Crippen LogP contribution in [0.4, 0.5) is 0 Å². The molecule has 0 aliphatic carbocycles. The molecule has 0 atom stereocenters. The number of hydrogen-bond acceptors (Lipinski definition) is 2. The molecule has 102 valence electrons. The third-order valence-corrected chi connectivity index (χ3v) is 4.02. The van der Waals surface area contributed by atoms with Gasteiger partial charge in [0, 0.05) is 0 Å². The van der Waals surface area contributed by atoms with Crippen molar-refractivity contribution in [3.05, 3.63) is 42.2 Å². The van der Waals surface area contributed by atoms with Crippen molar-refractivity contribution < 1.29 is 9.64 Å². The largest absolute Gasteiger partial charge is 0.370 e. The fourth-order valence-corrected chi connectivity index (χ4v) is 2.91. The Morgan fingerprint density at radius 2 is 1.85 bits per heavy atom. The van der Waals surface area contributed by atoms with Crippen LogP contribution in [0.3, 0.4) is 0 Å². The number of rotatable bonds is 2. The third kappa shape index (κ3) is 2.17. The average molecular weight is 268 g/mol. The number of ether oxygens (including phenoxy) is 1. The molecule has 0 amide bonds. The van der Waals surface area contributed by atoms with E-state index in [-0.39, 0.29) is 0 Å². The quantitative estimate of drug-likeness (QED) is 0.731. The summed E-state index contributed by atoms with van der Waals surface area (Å²) < 4.78 is 5.40. The summed E-state index contributed by atoms with van der Waals surface area (Å²) in [6.45, 7) is 4.81. The highest BCUT2D eigenvalue weighted by Gasteiger charge is 2.16. The predicted molar refractivity (Wildman–Crippen MR) is 78.8 cm³/mol. The first-order chi connectivity index (χ1) is 9.88. The highest BCUT2D eigenvalue weighted by Crippen LogP contribution is 2.20. The summed E-state index contributed by atoms with van der Waals surface area (Å²) in [5, 5.41) is 2.51. The Bertz CT molecular complexity index is 691. The Morgan fingerprint density at radius 3 is 2.65 bits per heavy atom. The summed E-state index contributed by atoms with van der Waals surface area (Å²) >= 11 is 0. The monoisotopic (exact) mass is 268 g/mol. The second-order valence-electron chi connectivity index (χ2n) is 5.44. The van der Waals surface area contributed by atoms with Gasteiger partial charge >= 0.3 is 0 Å². The van der Waals surface area contributed by atoms with Crippen LogP contribution >= 0.6 is 0 Å². The molecule has 20 heavy (non-hydrogen) atoms. The SMILES string of the molecule is c1ccc2cc3[nH]c(C[NH+]4CCOCC4)nc3cc2c1. The van der Waals surface area contributed by atoms with Crippen LogP contribution in [-0.4, -0.2) is 36.3 Å². The molecule has 0 radical (unpaired) electrons. The Labute approximate surface area is 117 Å². The highest BCUT2D eigenvalue weighted by molar-refractivity contribution is 5.95. The fraction of sp³-hybridized carbons (Fsp3) is 0.312. The first-order valence-corrected chi connectivity index (χ1v) is 7.17. The van der Waals surface area contributed by atoms with Crippen molar-refractivity contribution >= 4 is 21.8 Å². The zero-order valence-corrected chi connectivity index (χ0v) is 11.4. The van der Waals surface area contributed by atoms with Crippen LogP contribution in [0.15, 0.2) is 36.4 Å². The lowest BCUT2D eigenvalue weighted by Crippen LogP contribution is -3.12. The van der Waals surface area contributed by atoms with Gasteiger partial charge in [0.25, 0.3) is 0 Å². The highest BCUT2D eigenvalue weighted by atomic mass is 16.5. The number of quaternary nitrogens is 1. The molecule has 2 N–H and O–H groups in total. The van der Waals surface area contributed by atoms with Gasteiger partial charge in [-0.25, -0.2) is 4.98 Å². The summed E-state index contributed by atoms with van der Waals surface area (Å²) in [6.07, 6.45) is 0. The molecule has 1 aromatic heterocycles. The molecule has 4 heteroatoms. The van der Waals surface area contributed by atoms with E-state index in [2.05, 4.69) is 41.4 Å².